The number of hydrogen-bond donors (Lipinski definition) is 0. The molecule has 1 aliphatic carbocycles. The summed E-state index contributed by atoms with van der Waals surface area (Å²) in [4.78, 5) is 22.9. The molecule has 0 N–H and O–H groups in total. The van der Waals surface area contributed by atoms with Gasteiger partial charge in [-0.15, -0.1) is 0 Å². The molecule has 1 atom stereocenters. The van der Waals surface area contributed by atoms with Gasteiger partial charge in [0.15, 0.2) is 0 Å². The molecule has 4 aromatic rings. The van der Waals surface area contributed by atoms with E-state index in [1.165, 1.54) is 10.9 Å². The van der Waals surface area contributed by atoms with Crippen molar-refractivity contribution in [2.45, 2.75) is 43.9 Å². The van der Waals surface area contributed by atoms with E-state index < -0.39 is 11.3 Å². The van der Waals surface area contributed by atoms with Crippen molar-refractivity contribution in [3.05, 3.63) is 45.3 Å². The lowest BCUT2D eigenvalue weighted by molar-refractivity contribution is -0.0448. The highest BCUT2D eigenvalue weighted by molar-refractivity contribution is 6.32. The first-order valence-electron chi connectivity index (χ1n) is 10.6. The molecule has 168 valence electrons. The van der Waals surface area contributed by atoms with Gasteiger partial charge in [-0.25, -0.2) is 4.98 Å². The highest BCUT2D eigenvalue weighted by Gasteiger charge is 2.50. The maximum absolute atomic E-state index is 14.0. The van der Waals surface area contributed by atoms with Gasteiger partial charge in [-0.2, -0.15) is 10.2 Å². The van der Waals surface area contributed by atoms with Crippen LogP contribution in [0, 0.1) is 11.3 Å². The van der Waals surface area contributed by atoms with E-state index in [2.05, 4.69) is 21.2 Å². The molecule has 0 amide bonds. The lowest BCUT2D eigenvalue weighted by atomic mass is 10.1. The van der Waals surface area contributed by atoms with Crippen LogP contribution in [0.3, 0.4) is 0 Å². The molecule has 2 aliphatic rings. The molecule has 2 fully saturated rings. The predicted molar refractivity (Wildman–Crippen MR) is 117 cm³/mol. The highest BCUT2D eigenvalue weighted by atomic mass is 35.5. The number of imidazole rings is 1. The molecular weight excluding hydrogens is 448 g/mol. The van der Waals surface area contributed by atoms with Gasteiger partial charge in [0.1, 0.15) is 34.9 Å². The van der Waals surface area contributed by atoms with Crippen LogP contribution >= 0.6 is 11.6 Å². The van der Waals surface area contributed by atoms with Gasteiger partial charge in [-0.3, -0.25) is 13.8 Å². The molecule has 0 spiro atoms. The lowest BCUT2D eigenvalue weighted by Crippen LogP contribution is -2.39. The molecule has 10 nitrogen and oxygen atoms in total. The third-order valence-electron chi connectivity index (χ3n) is 6.67. The summed E-state index contributed by atoms with van der Waals surface area (Å²) in [6.45, 7) is 2.36. The van der Waals surface area contributed by atoms with Gasteiger partial charge in [0, 0.05) is 13.7 Å². The third kappa shape index (κ3) is 2.73. The summed E-state index contributed by atoms with van der Waals surface area (Å²) in [6.07, 6.45) is 4.50. The van der Waals surface area contributed by atoms with Crippen molar-refractivity contribution in [1.29, 1.82) is 5.26 Å². The van der Waals surface area contributed by atoms with Gasteiger partial charge in [0.25, 0.3) is 11.4 Å². The Labute approximate surface area is 192 Å². The van der Waals surface area contributed by atoms with E-state index in [0.717, 1.165) is 19.3 Å². The van der Waals surface area contributed by atoms with Crippen LogP contribution in [0.2, 0.25) is 5.02 Å². The standard InChI is InChI=1S/C22H19ClN6O4/c1-21(6-3-9-32-21)29-16-12(10-24)13(23)4-5-14(16)28-11-25-15(17(28)19(29)30)18-26-20(33-27-18)22(31-2)7-8-22/h4-5,11H,3,6-9H2,1-2H3. The molecule has 1 aliphatic heterocycles. The molecule has 1 saturated carbocycles. The Bertz CT molecular complexity index is 1530. The van der Waals surface area contributed by atoms with E-state index in [1.54, 1.807) is 23.6 Å². The monoisotopic (exact) mass is 466 g/mol. The van der Waals surface area contributed by atoms with Crippen molar-refractivity contribution >= 4 is 28.2 Å². The first-order valence-corrected chi connectivity index (χ1v) is 11.0. The summed E-state index contributed by atoms with van der Waals surface area (Å²) in [7, 11) is 1.61. The first kappa shape index (κ1) is 20.4. The number of aromatic nitrogens is 5. The molecule has 6 rings (SSSR count). The largest absolute Gasteiger partial charge is 0.368 e. The number of nitrogens with zero attached hydrogens (tertiary/aromatic N) is 6. The third-order valence-corrected chi connectivity index (χ3v) is 6.98. The molecule has 3 aromatic heterocycles. The number of rotatable bonds is 4. The molecule has 0 bridgehead atoms. The Morgan fingerprint density at radius 2 is 2.09 bits per heavy atom. The number of ether oxygens (including phenoxy) is 2. The van der Waals surface area contributed by atoms with Crippen molar-refractivity contribution in [1.82, 2.24) is 24.1 Å². The number of fused-ring (bicyclic) bond motifs is 3. The maximum atomic E-state index is 14.0. The average molecular weight is 467 g/mol. The number of methoxy groups -OCH3 is 1. The van der Waals surface area contributed by atoms with E-state index >= 15 is 0 Å². The summed E-state index contributed by atoms with van der Waals surface area (Å²) >= 11 is 6.35. The van der Waals surface area contributed by atoms with Crippen molar-refractivity contribution in [3.8, 4) is 17.6 Å². The molecule has 33 heavy (non-hydrogen) atoms. The first-order chi connectivity index (χ1) is 15.9. The minimum atomic E-state index is -0.939. The molecule has 11 heteroatoms. The van der Waals surface area contributed by atoms with E-state index in [4.69, 9.17) is 25.6 Å². The van der Waals surface area contributed by atoms with Crippen molar-refractivity contribution in [3.63, 3.8) is 0 Å². The minimum Gasteiger partial charge on any atom is -0.368 e. The molecule has 4 heterocycles. The minimum absolute atomic E-state index is 0.200. The van der Waals surface area contributed by atoms with Gasteiger partial charge in [0.05, 0.1) is 21.6 Å². The highest BCUT2D eigenvalue weighted by Crippen LogP contribution is 2.48. The zero-order valence-corrected chi connectivity index (χ0v) is 18.7. The molecule has 1 aromatic carbocycles. The SMILES string of the molecule is COC1(c2nc(-c3ncn4c3c(=O)n(C3(C)CCCO3)c3c(C#N)c(Cl)ccc34)no2)CC1. The number of hydrogen-bond acceptors (Lipinski definition) is 8. The Morgan fingerprint density at radius 3 is 2.76 bits per heavy atom. The van der Waals surface area contributed by atoms with Crippen LogP contribution in [0.5, 0.6) is 0 Å². The fourth-order valence-corrected chi connectivity index (χ4v) is 4.90. The van der Waals surface area contributed by atoms with Crippen LogP contribution in [-0.4, -0.2) is 37.8 Å². The summed E-state index contributed by atoms with van der Waals surface area (Å²) in [6, 6.07) is 5.54. The van der Waals surface area contributed by atoms with Crippen LogP contribution in [0.15, 0.2) is 27.8 Å². The molecule has 0 radical (unpaired) electrons. The number of halogens is 1. The fraction of sp³-hybridized carbons (Fsp3) is 0.409. The normalized spacial score (nSPS) is 21.6. The van der Waals surface area contributed by atoms with E-state index in [-0.39, 0.29) is 33.2 Å². The Morgan fingerprint density at radius 1 is 1.27 bits per heavy atom. The molecule has 1 saturated heterocycles. The van der Waals surface area contributed by atoms with Crippen molar-refractivity contribution < 1.29 is 14.0 Å². The maximum Gasteiger partial charge on any atom is 0.280 e. The summed E-state index contributed by atoms with van der Waals surface area (Å²) in [5, 5.41) is 14.2. The number of benzene rings is 1. The second-order valence-electron chi connectivity index (χ2n) is 8.60. The lowest BCUT2D eigenvalue weighted by Gasteiger charge is -2.28. The summed E-state index contributed by atoms with van der Waals surface area (Å²) in [5.74, 6) is 0.567. The van der Waals surface area contributed by atoms with E-state index in [9.17, 15) is 10.1 Å². The van der Waals surface area contributed by atoms with Gasteiger partial charge in [-0.05, 0) is 44.7 Å². The Hall–Kier alpha value is -3.26. The topological polar surface area (TPSA) is 120 Å². The quantitative estimate of drug-likeness (QED) is 0.449. The Kier molecular flexibility index (Phi) is 4.24. The predicted octanol–water partition coefficient (Wildman–Crippen LogP) is 3.34. The van der Waals surface area contributed by atoms with Crippen LogP contribution < -0.4 is 5.56 Å². The van der Waals surface area contributed by atoms with E-state index in [0.29, 0.717) is 30.0 Å². The van der Waals surface area contributed by atoms with Gasteiger partial charge in [0.2, 0.25) is 5.82 Å². The fourth-order valence-electron chi connectivity index (χ4n) is 4.70. The van der Waals surface area contributed by atoms with Gasteiger partial charge < -0.3 is 14.0 Å². The van der Waals surface area contributed by atoms with Crippen LogP contribution in [0.4, 0.5) is 0 Å². The smallest absolute Gasteiger partial charge is 0.280 e. The zero-order chi connectivity index (χ0) is 23.0. The summed E-state index contributed by atoms with van der Waals surface area (Å²) in [5.41, 5.74) is -0.119. The van der Waals surface area contributed by atoms with Crippen molar-refractivity contribution in [2.75, 3.05) is 13.7 Å². The van der Waals surface area contributed by atoms with Crippen LogP contribution in [0.25, 0.3) is 28.1 Å². The second kappa shape index (κ2) is 6.87. The van der Waals surface area contributed by atoms with Gasteiger partial charge in [-0.1, -0.05) is 16.8 Å². The van der Waals surface area contributed by atoms with E-state index in [1.807, 2.05) is 6.92 Å². The second-order valence-corrected chi connectivity index (χ2v) is 9.01. The Balaban J connectivity index is 1.69. The molecule has 1 unspecified atom stereocenters. The van der Waals surface area contributed by atoms with Crippen LogP contribution in [0.1, 0.15) is 44.1 Å². The van der Waals surface area contributed by atoms with Gasteiger partial charge >= 0.3 is 0 Å². The van der Waals surface area contributed by atoms with Crippen LogP contribution in [-0.2, 0) is 20.8 Å². The zero-order valence-electron chi connectivity index (χ0n) is 18.0. The average Bonchev–Trinajstić information content (AvgIpc) is 3.15. The number of nitriles is 1. The summed E-state index contributed by atoms with van der Waals surface area (Å²) < 4.78 is 20.2. The molecular formula is C22H19ClN6O4. The van der Waals surface area contributed by atoms with Crippen molar-refractivity contribution in [2.24, 2.45) is 0 Å².